The smallest absolute Gasteiger partial charge is 0.313 e. The lowest BCUT2D eigenvalue weighted by molar-refractivity contribution is -0.149. The van der Waals surface area contributed by atoms with Crippen LogP contribution in [-0.4, -0.2) is 22.8 Å². The van der Waals surface area contributed by atoms with Crippen LogP contribution in [0.1, 0.15) is 30.5 Å². The highest BCUT2D eigenvalue weighted by Gasteiger charge is 2.66. The third-order valence-corrected chi connectivity index (χ3v) is 3.36. The molecule has 1 saturated carbocycles. The van der Waals surface area contributed by atoms with E-state index in [-0.39, 0.29) is 11.4 Å². The lowest BCUT2D eigenvalue weighted by Crippen LogP contribution is -2.20. The second-order valence-corrected chi connectivity index (χ2v) is 4.12. The number of nitrogens with one attached hydrogen (secondary N) is 1. The van der Waals surface area contributed by atoms with Gasteiger partial charge in [0, 0.05) is 11.6 Å². The average Bonchev–Trinajstić information content (AvgIpc) is 2.56. The molecule has 1 aromatic rings. The summed E-state index contributed by atoms with van der Waals surface area (Å²) in [5.74, 6) is 0.314. The van der Waals surface area contributed by atoms with Crippen LogP contribution in [0.4, 0.5) is 0 Å². The number of carbonyl (C=O) groups excluding carboxylic acids is 1. The zero-order chi connectivity index (χ0) is 9.76. The Kier molecular flexibility index (Phi) is 1.36. The monoisotopic (exact) mass is 192 g/mol. The Morgan fingerprint density at radius 2 is 2.71 bits per heavy atom. The fourth-order valence-electron chi connectivity index (χ4n) is 2.56. The van der Waals surface area contributed by atoms with Crippen LogP contribution in [0, 0.1) is 5.41 Å². The molecular formula is C10H12N2O2. The fraction of sp³-hybridized carbons (Fsp3) is 0.600. The lowest BCUT2D eigenvalue weighted by Gasteiger charge is -2.09. The van der Waals surface area contributed by atoms with Crippen molar-refractivity contribution in [3.63, 3.8) is 0 Å². The van der Waals surface area contributed by atoms with Gasteiger partial charge in [0.25, 0.3) is 0 Å². The third kappa shape index (κ3) is 0.786. The van der Waals surface area contributed by atoms with Crippen LogP contribution in [0.3, 0.4) is 0 Å². The Morgan fingerprint density at radius 1 is 1.86 bits per heavy atom. The van der Waals surface area contributed by atoms with Crippen molar-refractivity contribution >= 4 is 5.97 Å². The predicted octanol–water partition coefficient (Wildman–Crippen LogP) is 1.00. The molecule has 1 fully saturated rings. The molecule has 0 aromatic carbocycles. The van der Waals surface area contributed by atoms with E-state index in [1.807, 2.05) is 13.1 Å². The molecule has 14 heavy (non-hydrogen) atoms. The molecule has 2 atom stereocenters. The number of rotatable bonds is 2. The molecule has 0 radical (unpaired) electrons. The van der Waals surface area contributed by atoms with E-state index in [1.54, 1.807) is 0 Å². The quantitative estimate of drug-likeness (QED) is 0.711. The van der Waals surface area contributed by atoms with Gasteiger partial charge in [-0.1, -0.05) is 0 Å². The van der Waals surface area contributed by atoms with Gasteiger partial charge in [0.15, 0.2) is 0 Å². The summed E-state index contributed by atoms with van der Waals surface area (Å²) in [5.41, 5.74) is 2.12. The maximum Gasteiger partial charge on any atom is 0.313 e. The Morgan fingerprint density at radius 3 is 3.43 bits per heavy atom. The highest BCUT2D eigenvalue weighted by atomic mass is 16.5. The van der Waals surface area contributed by atoms with Crippen molar-refractivity contribution in [2.75, 3.05) is 6.61 Å². The van der Waals surface area contributed by atoms with E-state index >= 15 is 0 Å². The van der Waals surface area contributed by atoms with E-state index < -0.39 is 0 Å². The van der Waals surface area contributed by atoms with E-state index in [2.05, 4.69) is 10.2 Å². The molecule has 4 heteroatoms. The van der Waals surface area contributed by atoms with Crippen molar-refractivity contribution in [1.82, 2.24) is 10.2 Å². The average molecular weight is 192 g/mol. The highest BCUT2D eigenvalue weighted by Crippen LogP contribution is 2.66. The first-order valence-electron chi connectivity index (χ1n) is 4.97. The molecule has 1 aromatic heterocycles. The van der Waals surface area contributed by atoms with E-state index in [1.165, 1.54) is 5.56 Å². The number of H-pyrrole nitrogens is 1. The number of nitrogens with zero attached hydrogens (tertiary/aromatic N) is 1. The van der Waals surface area contributed by atoms with Gasteiger partial charge in [-0.15, -0.1) is 0 Å². The molecular weight excluding hydrogens is 180 g/mol. The largest absolute Gasteiger partial charge is 0.466 e. The normalized spacial score (nSPS) is 32.2. The summed E-state index contributed by atoms with van der Waals surface area (Å²) >= 11 is 0. The standard InChI is InChI=1S/C10H12N2O2/c1-2-14-9(13)10-3-6-5-11-12-8(6)7(10)4-10/h5,7H,2-4H2,1H3,(H,11,12). The number of carbonyl (C=O) groups is 1. The molecule has 2 aliphatic carbocycles. The molecule has 3 rings (SSSR count). The first kappa shape index (κ1) is 8.03. The minimum Gasteiger partial charge on any atom is -0.466 e. The van der Waals surface area contributed by atoms with Gasteiger partial charge in [0.1, 0.15) is 0 Å². The number of ether oxygens (including phenoxy) is 1. The highest BCUT2D eigenvalue weighted by molar-refractivity contribution is 5.84. The van der Waals surface area contributed by atoms with Gasteiger partial charge in [0.2, 0.25) is 0 Å². The third-order valence-electron chi connectivity index (χ3n) is 3.36. The van der Waals surface area contributed by atoms with E-state index in [4.69, 9.17) is 4.74 Å². The first-order chi connectivity index (χ1) is 6.78. The van der Waals surface area contributed by atoms with E-state index in [9.17, 15) is 4.79 Å². The Hall–Kier alpha value is -1.32. The number of fused-ring (bicyclic) bond motifs is 3. The van der Waals surface area contributed by atoms with Gasteiger partial charge in [-0.05, 0) is 25.3 Å². The lowest BCUT2D eigenvalue weighted by atomic mass is 10.0. The van der Waals surface area contributed by atoms with Crippen LogP contribution in [0.2, 0.25) is 0 Å². The van der Waals surface area contributed by atoms with Gasteiger partial charge in [0.05, 0.1) is 18.2 Å². The molecule has 2 unspecified atom stereocenters. The van der Waals surface area contributed by atoms with Gasteiger partial charge >= 0.3 is 5.97 Å². The first-order valence-corrected chi connectivity index (χ1v) is 4.97. The molecule has 1 N–H and O–H groups in total. The fourth-order valence-corrected chi connectivity index (χ4v) is 2.56. The summed E-state index contributed by atoms with van der Waals surface area (Å²) in [6, 6.07) is 0. The summed E-state index contributed by atoms with van der Waals surface area (Å²) in [7, 11) is 0. The van der Waals surface area contributed by atoms with Crippen LogP contribution >= 0.6 is 0 Å². The number of hydrogen-bond donors (Lipinski definition) is 1. The van der Waals surface area contributed by atoms with E-state index in [0.717, 1.165) is 18.5 Å². The molecule has 2 aliphatic rings. The van der Waals surface area contributed by atoms with Crippen molar-refractivity contribution in [2.45, 2.75) is 25.7 Å². The van der Waals surface area contributed by atoms with Crippen LogP contribution in [-0.2, 0) is 16.0 Å². The summed E-state index contributed by atoms with van der Waals surface area (Å²) in [4.78, 5) is 11.7. The van der Waals surface area contributed by atoms with Crippen molar-refractivity contribution in [1.29, 1.82) is 0 Å². The summed E-state index contributed by atoms with van der Waals surface area (Å²) < 4.78 is 5.10. The summed E-state index contributed by atoms with van der Waals surface area (Å²) in [6.45, 7) is 2.32. The zero-order valence-corrected chi connectivity index (χ0v) is 8.04. The predicted molar refractivity (Wildman–Crippen MR) is 48.7 cm³/mol. The molecule has 0 aliphatic heterocycles. The number of aromatic amines is 1. The van der Waals surface area contributed by atoms with Crippen LogP contribution in [0.25, 0.3) is 0 Å². The summed E-state index contributed by atoms with van der Waals surface area (Å²) in [6.07, 6.45) is 3.56. The van der Waals surface area contributed by atoms with Crippen molar-refractivity contribution in [3.8, 4) is 0 Å². The van der Waals surface area contributed by atoms with Gasteiger partial charge in [-0.25, -0.2) is 0 Å². The SMILES string of the molecule is CCOC(=O)C12Cc3cn[nH]c3C1C2. The molecule has 74 valence electrons. The van der Waals surface area contributed by atoms with Gasteiger partial charge in [-0.2, -0.15) is 5.10 Å². The molecule has 1 heterocycles. The molecule has 0 bridgehead atoms. The molecule has 4 nitrogen and oxygen atoms in total. The number of aromatic nitrogens is 2. The number of esters is 1. The van der Waals surface area contributed by atoms with Gasteiger partial charge in [-0.3, -0.25) is 9.89 Å². The minimum atomic E-state index is -0.222. The van der Waals surface area contributed by atoms with Crippen LogP contribution < -0.4 is 0 Å². The topological polar surface area (TPSA) is 55.0 Å². The molecule has 0 saturated heterocycles. The maximum absolute atomic E-state index is 11.7. The van der Waals surface area contributed by atoms with Crippen LogP contribution in [0.15, 0.2) is 6.20 Å². The van der Waals surface area contributed by atoms with E-state index in [0.29, 0.717) is 12.5 Å². The Labute approximate surface area is 81.6 Å². The van der Waals surface area contributed by atoms with Crippen molar-refractivity contribution in [3.05, 3.63) is 17.5 Å². The maximum atomic E-state index is 11.7. The zero-order valence-electron chi connectivity index (χ0n) is 8.04. The Bertz CT molecular complexity index is 399. The molecule has 0 amide bonds. The van der Waals surface area contributed by atoms with Gasteiger partial charge < -0.3 is 4.74 Å². The second kappa shape index (κ2) is 2.38. The van der Waals surface area contributed by atoms with Crippen molar-refractivity contribution < 1.29 is 9.53 Å². The molecule has 0 spiro atoms. The van der Waals surface area contributed by atoms with Crippen LogP contribution in [0.5, 0.6) is 0 Å². The summed E-state index contributed by atoms with van der Waals surface area (Å²) in [5, 5.41) is 6.95. The minimum absolute atomic E-state index is 0.0328. The Balaban J connectivity index is 1.87. The second-order valence-electron chi connectivity index (χ2n) is 4.12. The van der Waals surface area contributed by atoms with Crippen molar-refractivity contribution in [2.24, 2.45) is 5.41 Å². The number of hydrogen-bond acceptors (Lipinski definition) is 3.